The number of hydrogen-bond acceptors (Lipinski definition) is 3. The van der Waals surface area contributed by atoms with Gasteiger partial charge in [0.05, 0.1) is 5.71 Å². The van der Waals surface area contributed by atoms with E-state index in [4.69, 9.17) is 0 Å². The Morgan fingerprint density at radius 1 is 1.38 bits per heavy atom. The standard InChI is InChI=1S/C8H7NO.C4H7NO/c10-8-7-4-2-1-3-6(7)5-9-8;1-4-2-3-6-5-4/h1-4H,5H2,(H,9,10);2-3H2,1H3. The molecular formula is C12H14N2O2. The SMILES string of the molecule is CC1=NOCC1.O=C1NCc2ccccc21. The number of carbonyl (C=O) groups excluding carboxylic acids is 1. The van der Waals surface area contributed by atoms with E-state index in [1.807, 2.05) is 31.2 Å². The minimum atomic E-state index is 0.0515. The van der Waals surface area contributed by atoms with Crippen molar-refractivity contribution < 1.29 is 9.63 Å². The van der Waals surface area contributed by atoms with Crippen LogP contribution in [0.15, 0.2) is 29.4 Å². The maximum absolute atomic E-state index is 11.0. The molecule has 0 saturated heterocycles. The molecule has 2 aliphatic rings. The Morgan fingerprint density at radius 3 is 2.75 bits per heavy atom. The van der Waals surface area contributed by atoms with Gasteiger partial charge >= 0.3 is 0 Å². The van der Waals surface area contributed by atoms with Crippen molar-refractivity contribution in [3.8, 4) is 0 Å². The third-order valence-corrected chi connectivity index (χ3v) is 2.48. The van der Waals surface area contributed by atoms with Crippen molar-refractivity contribution in [1.29, 1.82) is 0 Å². The van der Waals surface area contributed by atoms with Crippen LogP contribution < -0.4 is 5.32 Å². The van der Waals surface area contributed by atoms with Gasteiger partial charge in [-0.25, -0.2) is 0 Å². The molecule has 0 aromatic heterocycles. The average Bonchev–Trinajstić information content (AvgIpc) is 2.91. The van der Waals surface area contributed by atoms with E-state index in [-0.39, 0.29) is 5.91 Å². The first-order chi connectivity index (χ1) is 7.77. The summed E-state index contributed by atoms with van der Waals surface area (Å²) in [6.45, 7) is 3.44. The first-order valence-electron chi connectivity index (χ1n) is 5.29. The summed E-state index contributed by atoms with van der Waals surface area (Å²) in [5, 5.41) is 6.40. The Bertz CT molecular complexity index is 427. The molecule has 0 unspecified atom stereocenters. The van der Waals surface area contributed by atoms with Crippen LogP contribution in [0.4, 0.5) is 0 Å². The zero-order valence-electron chi connectivity index (χ0n) is 9.19. The first-order valence-corrected chi connectivity index (χ1v) is 5.29. The molecule has 0 radical (unpaired) electrons. The van der Waals surface area contributed by atoms with E-state index >= 15 is 0 Å². The van der Waals surface area contributed by atoms with Crippen LogP contribution in [0.25, 0.3) is 0 Å². The number of rotatable bonds is 0. The number of nitrogens with zero attached hydrogens (tertiary/aromatic N) is 1. The molecule has 0 atom stereocenters. The fraction of sp³-hybridized carbons (Fsp3) is 0.333. The summed E-state index contributed by atoms with van der Waals surface area (Å²) in [6.07, 6.45) is 1.01. The van der Waals surface area contributed by atoms with E-state index in [1.54, 1.807) is 0 Å². The van der Waals surface area contributed by atoms with Crippen LogP contribution in [0.1, 0.15) is 29.3 Å². The van der Waals surface area contributed by atoms with Gasteiger partial charge in [0.15, 0.2) is 0 Å². The highest BCUT2D eigenvalue weighted by molar-refractivity contribution is 5.98. The summed E-state index contributed by atoms with van der Waals surface area (Å²) in [6, 6.07) is 7.63. The van der Waals surface area contributed by atoms with E-state index in [0.29, 0.717) is 6.54 Å². The summed E-state index contributed by atoms with van der Waals surface area (Å²) in [5.74, 6) is 0.0515. The lowest BCUT2D eigenvalue weighted by Gasteiger charge is -1.89. The Kier molecular flexibility index (Phi) is 3.19. The topological polar surface area (TPSA) is 50.7 Å². The van der Waals surface area contributed by atoms with Crippen LogP contribution in [0.3, 0.4) is 0 Å². The van der Waals surface area contributed by atoms with E-state index < -0.39 is 0 Å². The van der Waals surface area contributed by atoms with Gasteiger partial charge in [0, 0.05) is 18.5 Å². The largest absolute Gasteiger partial charge is 0.395 e. The lowest BCUT2D eigenvalue weighted by molar-refractivity contribution is 0.0966. The second-order valence-electron chi connectivity index (χ2n) is 3.75. The van der Waals surface area contributed by atoms with Crippen molar-refractivity contribution in [2.45, 2.75) is 19.9 Å². The highest BCUT2D eigenvalue weighted by atomic mass is 16.6. The van der Waals surface area contributed by atoms with Crippen LogP contribution in [-0.4, -0.2) is 18.2 Å². The summed E-state index contributed by atoms with van der Waals surface area (Å²) in [4.78, 5) is 15.6. The van der Waals surface area contributed by atoms with Gasteiger partial charge in [-0.3, -0.25) is 4.79 Å². The molecule has 1 N–H and O–H groups in total. The van der Waals surface area contributed by atoms with E-state index in [2.05, 4.69) is 15.3 Å². The minimum absolute atomic E-state index is 0.0515. The zero-order valence-corrected chi connectivity index (χ0v) is 9.19. The molecule has 0 spiro atoms. The molecule has 0 bridgehead atoms. The number of carbonyl (C=O) groups is 1. The smallest absolute Gasteiger partial charge is 0.251 e. The Labute approximate surface area is 94.3 Å². The molecule has 4 nitrogen and oxygen atoms in total. The predicted octanol–water partition coefficient (Wildman–Crippen LogP) is 1.71. The van der Waals surface area contributed by atoms with Gasteiger partial charge in [-0.1, -0.05) is 23.4 Å². The number of nitrogens with one attached hydrogen (secondary N) is 1. The molecule has 0 saturated carbocycles. The number of amides is 1. The fourth-order valence-corrected chi connectivity index (χ4v) is 1.56. The molecule has 84 valence electrons. The highest BCUT2D eigenvalue weighted by Gasteiger charge is 2.16. The van der Waals surface area contributed by atoms with E-state index in [9.17, 15) is 4.79 Å². The molecule has 3 rings (SSSR count). The van der Waals surface area contributed by atoms with E-state index in [0.717, 1.165) is 29.9 Å². The maximum Gasteiger partial charge on any atom is 0.251 e. The summed E-state index contributed by atoms with van der Waals surface area (Å²) in [5.41, 5.74) is 3.03. The van der Waals surface area contributed by atoms with Gasteiger partial charge in [0.1, 0.15) is 6.61 Å². The van der Waals surface area contributed by atoms with Crippen molar-refractivity contribution in [3.63, 3.8) is 0 Å². The Hall–Kier alpha value is -1.84. The normalized spacial score (nSPS) is 16.6. The van der Waals surface area contributed by atoms with Gasteiger partial charge in [0.2, 0.25) is 0 Å². The zero-order chi connectivity index (χ0) is 11.4. The van der Waals surface area contributed by atoms with Gasteiger partial charge in [-0.2, -0.15) is 0 Å². The Morgan fingerprint density at radius 2 is 2.19 bits per heavy atom. The van der Waals surface area contributed by atoms with Gasteiger partial charge in [-0.05, 0) is 18.6 Å². The number of benzene rings is 1. The van der Waals surface area contributed by atoms with Crippen molar-refractivity contribution in [1.82, 2.24) is 5.32 Å². The van der Waals surface area contributed by atoms with Crippen LogP contribution >= 0.6 is 0 Å². The lowest BCUT2D eigenvalue weighted by atomic mass is 10.1. The van der Waals surface area contributed by atoms with Gasteiger partial charge < -0.3 is 10.2 Å². The molecule has 1 aromatic carbocycles. The summed E-state index contributed by atoms with van der Waals surface area (Å²) in [7, 11) is 0. The average molecular weight is 218 g/mol. The van der Waals surface area contributed by atoms with E-state index in [1.165, 1.54) is 0 Å². The number of oxime groups is 1. The number of fused-ring (bicyclic) bond motifs is 1. The van der Waals surface area contributed by atoms with Crippen molar-refractivity contribution in [2.75, 3.05) is 6.61 Å². The molecule has 16 heavy (non-hydrogen) atoms. The van der Waals surface area contributed by atoms with Crippen molar-refractivity contribution in [3.05, 3.63) is 35.4 Å². The van der Waals surface area contributed by atoms with Crippen LogP contribution in [0.2, 0.25) is 0 Å². The maximum atomic E-state index is 11.0. The molecule has 4 heteroatoms. The quantitative estimate of drug-likeness (QED) is 0.720. The van der Waals surface area contributed by atoms with Crippen molar-refractivity contribution >= 4 is 11.6 Å². The number of hydrogen-bond donors (Lipinski definition) is 1. The molecule has 2 heterocycles. The fourth-order valence-electron chi connectivity index (χ4n) is 1.56. The van der Waals surface area contributed by atoms with Crippen LogP contribution in [0.5, 0.6) is 0 Å². The summed E-state index contributed by atoms with van der Waals surface area (Å²) >= 11 is 0. The lowest BCUT2D eigenvalue weighted by Crippen LogP contribution is -2.12. The second kappa shape index (κ2) is 4.79. The van der Waals surface area contributed by atoms with Gasteiger partial charge in [-0.15, -0.1) is 0 Å². The molecular weight excluding hydrogens is 204 g/mol. The molecule has 1 aromatic rings. The van der Waals surface area contributed by atoms with Crippen LogP contribution in [0, 0.1) is 0 Å². The Balaban J connectivity index is 0.000000138. The summed E-state index contributed by atoms with van der Waals surface area (Å²) < 4.78 is 0. The third kappa shape index (κ3) is 2.39. The monoisotopic (exact) mass is 218 g/mol. The highest BCUT2D eigenvalue weighted by Crippen LogP contribution is 2.13. The molecule has 1 amide bonds. The second-order valence-corrected chi connectivity index (χ2v) is 3.75. The first kappa shape index (κ1) is 10.7. The van der Waals surface area contributed by atoms with Crippen LogP contribution in [-0.2, 0) is 11.4 Å². The third-order valence-electron chi connectivity index (χ3n) is 2.48. The molecule has 2 aliphatic heterocycles. The molecule has 0 fully saturated rings. The predicted molar refractivity (Wildman–Crippen MR) is 61.3 cm³/mol. The minimum Gasteiger partial charge on any atom is -0.395 e. The van der Waals surface area contributed by atoms with Gasteiger partial charge in [0.25, 0.3) is 5.91 Å². The van der Waals surface area contributed by atoms with Crippen molar-refractivity contribution in [2.24, 2.45) is 5.16 Å². The molecule has 0 aliphatic carbocycles.